The van der Waals surface area contributed by atoms with Crippen LogP contribution < -0.4 is 0 Å². The Morgan fingerprint density at radius 3 is 2.62 bits per heavy atom. The molecule has 0 radical (unpaired) electrons. The molecule has 0 bridgehead atoms. The Kier molecular flexibility index (Phi) is 8.08. The number of aromatic nitrogens is 1. The fourth-order valence-corrected chi connectivity index (χ4v) is 4.80. The van der Waals surface area contributed by atoms with Crippen molar-refractivity contribution < 1.29 is 23.1 Å². The Labute approximate surface area is 202 Å². The molecule has 9 heteroatoms. The summed E-state index contributed by atoms with van der Waals surface area (Å²) in [7, 11) is 0. The van der Waals surface area contributed by atoms with Crippen LogP contribution in [0, 0.1) is 11.7 Å². The molecule has 7 nitrogen and oxygen atoms in total. The van der Waals surface area contributed by atoms with Crippen molar-refractivity contribution in [3.63, 3.8) is 0 Å². The van der Waals surface area contributed by atoms with Crippen molar-refractivity contribution >= 4 is 23.2 Å². The number of oxazole rings is 1. The minimum absolute atomic E-state index is 0.158. The summed E-state index contributed by atoms with van der Waals surface area (Å²) < 4.78 is 24.0. The highest BCUT2D eigenvalue weighted by atomic mass is 32.1. The van der Waals surface area contributed by atoms with E-state index < -0.39 is 0 Å². The van der Waals surface area contributed by atoms with Gasteiger partial charge in [-0.2, -0.15) is 0 Å². The van der Waals surface area contributed by atoms with Crippen LogP contribution >= 0.6 is 11.3 Å². The minimum Gasteiger partial charge on any atom is -0.466 e. The Hall–Kier alpha value is -3.04. The van der Waals surface area contributed by atoms with Gasteiger partial charge in [0.15, 0.2) is 5.69 Å². The van der Waals surface area contributed by atoms with Gasteiger partial charge in [-0.05, 0) is 48.9 Å². The molecule has 0 unspecified atom stereocenters. The monoisotopic (exact) mass is 485 g/mol. The first-order valence-electron chi connectivity index (χ1n) is 11.4. The summed E-state index contributed by atoms with van der Waals surface area (Å²) in [6, 6.07) is 10.5. The third-order valence-electron chi connectivity index (χ3n) is 5.81. The van der Waals surface area contributed by atoms with Crippen molar-refractivity contribution in [2.24, 2.45) is 5.92 Å². The Morgan fingerprint density at radius 2 is 1.94 bits per heavy atom. The number of esters is 1. The Balaban J connectivity index is 1.38. The van der Waals surface area contributed by atoms with Crippen LogP contribution in [0.5, 0.6) is 0 Å². The van der Waals surface area contributed by atoms with Gasteiger partial charge >= 0.3 is 5.97 Å². The average Bonchev–Trinajstić information content (AvgIpc) is 3.53. The SMILES string of the molecule is CCOC(=O)C1CCN(C(=O)c2coc(CN(Cc3ccc(F)cc3)Cc3cccs3)n2)CC1. The summed E-state index contributed by atoms with van der Waals surface area (Å²) in [5.74, 6) is -0.362. The van der Waals surface area contributed by atoms with Crippen molar-refractivity contribution in [2.45, 2.75) is 39.4 Å². The molecule has 0 N–H and O–H groups in total. The van der Waals surface area contributed by atoms with Gasteiger partial charge in [0, 0.05) is 31.1 Å². The van der Waals surface area contributed by atoms with Crippen molar-refractivity contribution in [2.75, 3.05) is 19.7 Å². The van der Waals surface area contributed by atoms with E-state index in [1.807, 2.05) is 11.4 Å². The molecule has 2 aromatic heterocycles. The van der Waals surface area contributed by atoms with Gasteiger partial charge in [-0.3, -0.25) is 14.5 Å². The molecule has 3 heterocycles. The number of rotatable bonds is 9. The number of hydrogen-bond donors (Lipinski definition) is 0. The van der Waals surface area contributed by atoms with Gasteiger partial charge < -0.3 is 14.1 Å². The number of nitrogens with zero attached hydrogens (tertiary/aromatic N) is 3. The van der Waals surface area contributed by atoms with Gasteiger partial charge in [-0.15, -0.1) is 11.3 Å². The molecule has 1 aliphatic heterocycles. The number of amides is 1. The molecule has 4 rings (SSSR count). The van der Waals surface area contributed by atoms with Crippen molar-refractivity contribution in [3.05, 3.63) is 75.9 Å². The van der Waals surface area contributed by atoms with E-state index >= 15 is 0 Å². The number of piperidine rings is 1. The van der Waals surface area contributed by atoms with Gasteiger partial charge in [-0.1, -0.05) is 18.2 Å². The van der Waals surface area contributed by atoms with Gasteiger partial charge in [0.05, 0.1) is 19.1 Å². The predicted octanol–water partition coefficient (Wildman–Crippen LogP) is 4.49. The Morgan fingerprint density at radius 1 is 1.18 bits per heavy atom. The number of carbonyl (C=O) groups excluding carboxylic acids is 2. The number of ether oxygens (including phenoxy) is 1. The van der Waals surface area contributed by atoms with Crippen LogP contribution in [0.1, 0.15) is 46.6 Å². The maximum atomic E-state index is 13.3. The number of thiophene rings is 1. The lowest BCUT2D eigenvalue weighted by atomic mass is 9.97. The highest BCUT2D eigenvalue weighted by molar-refractivity contribution is 7.09. The number of hydrogen-bond acceptors (Lipinski definition) is 7. The van der Waals surface area contributed by atoms with Gasteiger partial charge in [0.25, 0.3) is 5.91 Å². The van der Waals surface area contributed by atoms with E-state index in [2.05, 4.69) is 16.0 Å². The van der Waals surface area contributed by atoms with E-state index in [1.54, 1.807) is 35.3 Å². The molecule has 0 aliphatic carbocycles. The molecular weight excluding hydrogens is 457 g/mol. The molecular formula is C25H28FN3O4S. The van der Waals surface area contributed by atoms with Crippen LogP contribution in [0.3, 0.4) is 0 Å². The zero-order chi connectivity index (χ0) is 23.9. The molecule has 0 saturated carbocycles. The highest BCUT2D eigenvalue weighted by Crippen LogP contribution is 2.21. The van der Waals surface area contributed by atoms with Crippen LogP contribution in [-0.2, 0) is 29.2 Å². The van der Waals surface area contributed by atoms with Crippen LogP contribution in [0.25, 0.3) is 0 Å². The first kappa shape index (κ1) is 24.1. The van der Waals surface area contributed by atoms with E-state index in [9.17, 15) is 14.0 Å². The fraction of sp³-hybridized carbons (Fsp3) is 0.400. The summed E-state index contributed by atoms with van der Waals surface area (Å²) in [6.07, 6.45) is 2.57. The molecule has 1 aliphatic rings. The molecule has 1 amide bonds. The second-order valence-electron chi connectivity index (χ2n) is 8.30. The summed E-state index contributed by atoms with van der Waals surface area (Å²) in [6.45, 7) is 4.81. The highest BCUT2D eigenvalue weighted by Gasteiger charge is 2.30. The normalized spacial score (nSPS) is 14.5. The first-order valence-corrected chi connectivity index (χ1v) is 12.3. The maximum absolute atomic E-state index is 13.3. The van der Waals surface area contributed by atoms with Gasteiger partial charge in [0.2, 0.25) is 5.89 Å². The topological polar surface area (TPSA) is 75.9 Å². The second kappa shape index (κ2) is 11.4. The molecule has 34 heavy (non-hydrogen) atoms. The average molecular weight is 486 g/mol. The molecule has 1 fully saturated rings. The zero-order valence-corrected chi connectivity index (χ0v) is 19.9. The van der Waals surface area contributed by atoms with Crippen molar-refractivity contribution in [1.29, 1.82) is 0 Å². The number of halogens is 1. The molecule has 1 aromatic carbocycles. The van der Waals surface area contributed by atoms with Crippen LogP contribution in [0.2, 0.25) is 0 Å². The Bertz CT molecular complexity index is 1080. The predicted molar refractivity (Wildman–Crippen MR) is 125 cm³/mol. The lowest BCUT2D eigenvalue weighted by molar-refractivity contribution is -0.149. The minimum atomic E-state index is -0.268. The third kappa shape index (κ3) is 6.30. The van der Waals surface area contributed by atoms with E-state index in [0.29, 0.717) is 58.1 Å². The second-order valence-corrected chi connectivity index (χ2v) is 9.33. The zero-order valence-electron chi connectivity index (χ0n) is 19.1. The molecule has 0 atom stereocenters. The van der Waals surface area contributed by atoms with Crippen LogP contribution in [-0.4, -0.2) is 46.4 Å². The van der Waals surface area contributed by atoms with Gasteiger partial charge in [-0.25, -0.2) is 9.37 Å². The van der Waals surface area contributed by atoms with E-state index in [-0.39, 0.29) is 29.3 Å². The molecule has 0 spiro atoms. The standard InChI is InChI=1S/C25H28FN3O4S/c1-2-32-25(31)19-9-11-29(12-10-19)24(30)22-17-33-23(27-22)16-28(15-21-4-3-13-34-21)14-18-5-7-20(26)8-6-18/h3-8,13,17,19H,2,9-12,14-16H2,1H3. The summed E-state index contributed by atoms with van der Waals surface area (Å²) in [4.78, 5) is 34.3. The molecule has 3 aromatic rings. The van der Waals surface area contributed by atoms with Gasteiger partial charge in [0.1, 0.15) is 12.1 Å². The lowest BCUT2D eigenvalue weighted by Crippen LogP contribution is -2.40. The van der Waals surface area contributed by atoms with E-state index in [0.717, 1.165) is 5.56 Å². The van der Waals surface area contributed by atoms with Crippen molar-refractivity contribution in [3.8, 4) is 0 Å². The number of likely N-dealkylation sites (tertiary alicyclic amines) is 1. The van der Waals surface area contributed by atoms with E-state index in [4.69, 9.17) is 9.15 Å². The third-order valence-corrected chi connectivity index (χ3v) is 6.67. The van der Waals surface area contributed by atoms with Crippen molar-refractivity contribution in [1.82, 2.24) is 14.8 Å². The summed E-state index contributed by atoms with van der Waals surface area (Å²) in [5, 5.41) is 2.03. The van der Waals surface area contributed by atoms with Crippen LogP contribution in [0.4, 0.5) is 4.39 Å². The van der Waals surface area contributed by atoms with E-state index in [1.165, 1.54) is 23.3 Å². The lowest BCUT2D eigenvalue weighted by Gasteiger charge is -2.30. The number of benzene rings is 1. The molecule has 1 saturated heterocycles. The first-order chi connectivity index (χ1) is 16.5. The fourth-order valence-electron chi connectivity index (χ4n) is 4.05. The van der Waals surface area contributed by atoms with Crippen LogP contribution in [0.15, 0.2) is 52.5 Å². The number of carbonyl (C=O) groups is 2. The quantitative estimate of drug-likeness (QED) is 0.416. The molecule has 180 valence electrons. The maximum Gasteiger partial charge on any atom is 0.309 e. The summed E-state index contributed by atoms with van der Waals surface area (Å²) >= 11 is 1.66. The smallest absolute Gasteiger partial charge is 0.309 e. The summed E-state index contributed by atoms with van der Waals surface area (Å²) in [5.41, 5.74) is 1.24. The largest absolute Gasteiger partial charge is 0.466 e.